The number of nitrogens with one attached hydrogen (secondary N) is 1. The normalized spacial score (nSPS) is 12.1. The van der Waals surface area contributed by atoms with Gasteiger partial charge in [-0.3, -0.25) is 0 Å². The van der Waals surface area contributed by atoms with Gasteiger partial charge >= 0.3 is 5.97 Å². The van der Waals surface area contributed by atoms with Crippen molar-refractivity contribution in [3.8, 4) is 0 Å². The molecule has 4 nitrogen and oxygen atoms in total. The summed E-state index contributed by atoms with van der Waals surface area (Å²) >= 11 is 3.39. The topological polar surface area (TPSA) is 62.5 Å². The molecule has 0 fully saturated rings. The quantitative estimate of drug-likeness (QED) is 0.898. The molecule has 0 spiro atoms. The fourth-order valence-electron chi connectivity index (χ4n) is 1.60. The summed E-state index contributed by atoms with van der Waals surface area (Å²) in [6.45, 7) is 1.91. The monoisotopic (exact) mass is 309 g/mol. The Morgan fingerprint density at radius 2 is 2.17 bits per heavy atom. The summed E-state index contributed by atoms with van der Waals surface area (Å²) in [5.74, 6) is -0.517. The zero-order valence-electron chi connectivity index (χ0n) is 9.68. The number of rotatable bonds is 4. The summed E-state index contributed by atoms with van der Waals surface area (Å²) in [5.41, 5.74) is 0.935. The smallest absolute Gasteiger partial charge is 0.371 e. The molecule has 1 atom stereocenters. The highest BCUT2D eigenvalue weighted by Gasteiger charge is 2.13. The molecule has 1 unspecified atom stereocenters. The maximum absolute atomic E-state index is 10.7. The average molecular weight is 310 g/mol. The van der Waals surface area contributed by atoms with Crippen molar-refractivity contribution in [3.05, 3.63) is 52.4 Å². The standard InChI is InChI=1S/C13H12BrNO3/c1-8(11-5-6-12(18-11)13(16)17)15-10-4-2-3-9(14)7-10/h2-8,15H,1H3,(H,16,17). The predicted octanol–water partition coefficient (Wildman–Crippen LogP) is 3.91. The zero-order chi connectivity index (χ0) is 13.1. The van der Waals surface area contributed by atoms with Crippen LogP contribution in [0.25, 0.3) is 0 Å². The van der Waals surface area contributed by atoms with E-state index in [1.165, 1.54) is 6.07 Å². The number of benzene rings is 1. The molecule has 94 valence electrons. The van der Waals surface area contributed by atoms with Gasteiger partial charge in [-0.25, -0.2) is 4.79 Å². The largest absolute Gasteiger partial charge is 0.475 e. The van der Waals surface area contributed by atoms with E-state index >= 15 is 0 Å². The number of carbonyl (C=O) groups is 1. The van der Waals surface area contributed by atoms with E-state index in [0.29, 0.717) is 5.76 Å². The molecule has 0 aliphatic rings. The average Bonchev–Trinajstić information content (AvgIpc) is 2.78. The van der Waals surface area contributed by atoms with Crippen molar-refractivity contribution in [3.63, 3.8) is 0 Å². The number of aromatic carboxylic acids is 1. The van der Waals surface area contributed by atoms with Crippen molar-refractivity contribution in [1.82, 2.24) is 0 Å². The maximum atomic E-state index is 10.7. The van der Waals surface area contributed by atoms with E-state index in [0.717, 1.165) is 10.2 Å². The second kappa shape index (κ2) is 5.27. The molecule has 0 bridgehead atoms. The lowest BCUT2D eigenvalue weighted by Gasteiger charge is -2.12. The van der Waals surface area contributed by atoms with Crippen LogP contribution < -0.4 is 5.32 Å². The Morgan fingerprint density at radius 1 is 1.39 bits per heavy atom. The van der Waals surface area contributed by atoms with E-state index in [-0.39, 0.29) is 11.8 Å². The molecule has 0 radical (unpaired) electrons. The summed E-state index contributed by atoms with van der Waals surface area (Å²) in [5, 5.41) is 12.0. The van der Waals surface area contributed by atoms with Crippen molar-refractivity contribution in [2.24, 2.45) is 0 Å². The van der Waals surface area contributed by atoms with E-state index < -0.39 is 5.97 Å². The molecular weight excluding hydrogens is 298 g/mol. The molecular formula is C13H12BrNO3. The third kappa shape index (κ3) is 2.92. The van der Waals surface area contributed by atoms with Gasteiger partial charge in [0.05, 0.1) is 6.04 Å². The van der Waals surface area contributed by atoms with Gasteiger partial charge in [0.2, 0.25) is 5.76 Å². The molecule has 0 saturated carbocycles. The fourth-order valence-corrected chi connectivity index (χ4v) is 2.00. The highest BCUT2D eigenvalue weighted by Crippen LogP contribution is 2.23. The molecule has 18 heavy (non-hydrogen) atoms. The Morgan fingerprint density at radius 3 is 2.78 bits per heavy atom. The van der Waals surface area contributed by atoms with Gasteiger partial charge in [-0.1, -0.05) is 22.0 Å². The molecule has 1 heterocycles. The summed E-state index contributed by atoms with van der Waals surface area (Å²) in [7, 11) is 0. The van der Waals surface area contributed by atoms with Gasteiger partial charge in [0.25, 0.3) is 0 Å². The van der Waals surface area contributed by atoms with Crippen LogP contribution in [0, 0.1) is 0 Å². The van der Waals surface area contributed by atoms with Crippen molar-refractivity contribution in [1.29, 1.82) is 0 Å². The third-order valence-electron chi connectivity index (χ3n) is 2.47. The van der Waals surface area contributed by atoms with Gasteiger partial charge in [0, 0.05) is 10.2 Å². The van der Waals surface area contributed by atoms with Gasteiger partial charge in [-0.2, -0.15) is 0 Å². The Hall–Kier alpha value is -1.75. The highest BCUT2D eigenvalue weighted by molar-refractivity contribution is 9.10. The molecule has 5 heteroatoms. The second-order valence-corrected chi connectivity index (χ2v) is 4.80. The van der Waals surface area contributed by atoms with Crippen LogP contribution in [0.5, 0.6) is 0 Å². The Labute approximate surface area is 113 Å². The second-order valence-electron chi connectivity index (χ2n) is 3.88. The molecule has 0 aliphatic heterocycles. The van der Waals surface area contributed by atoms with Crippen LogP contribution >= 0.6 is 15.9 Å². The first-order chi connectivity index (χ1) is 8.56. The van der Waals surface area contributed by atoms with Gasteiger partial charge in [0.1, 0.15) is 5.76 Å². The third-order valence-corrected chi connectivity index (χ3v) is 2.97. The summed E-state index contributed by atoms with van der Waals surface area (Å²) in [4.78, 5) is 10.7. The van der Waals surface area contributed by atoms with E-state index in [4.69, 9.17) is 9.52 Å². The van der Waals surface area contributed by atoms with Crippen LogP contribution in [0.2, 0.25) is 0 Å². The fraction of sp³-hybridized carbons (Fsp3) is 0.154. The molecule has 0 saturated heterocycles. The molecule has 2 rings (SSSR count). The van der Waals surface area contributed by atoms with E-state index in [1.54, 1.807) is 6.07 Å². The minimum atomic E-state index is -1.06. The highest BCUT2D eigenvalue weighted by atomic mass is 79.9. The lowest BCUT2D eigenvalue weighted by molar-refractivity contribution is 0.0660. The van der Waals surface area contributed by atoms with Gasteiger partial charge in [-0.15, -0.1) is 0 Å². The lowest BCUT2D eigenvalue weighted by atomic mass is 10.2. The molecule has 1 aromatic heterocycles. The number of hydrogen-bond acceptors (Lipinski definition) is 3. The van der Waals surface area contributed by atoms with Gasteiger partial charge in [-0.05, 0) is 37.3 Å². The molecule has 0 amide bonds. The van der Waals surface area contributed by atoms with Crippen molar-refractivity contribution in [2.75, 3.05) is 5.32 Å². The van der Waals surface area contributed by atoms with Crippen LogP contribution in [0.4, 0.5) is 5.69 Å². The van der Waals surface area contributed by atoms with Crippen molar-refractivity contribution >= 4 is 27.6 Å². The van der Waals surface area contributed by atoms with Crippen LogP contribution in [0.3, 0.4) is 0 Å². The minimum absolute atomic E-state index is 0.0482. The van der Waals surface area contributed by atoms with Crippen molar-refractivity contribution < 1.29 is 14.3 Å². The first-order valence-corrected chi connectivity index (χ1v) is 6.20. The molecule has 2 aromatic rings. The lowest BCUT2D eigenvalue weighted by Crippen LogP contribution is -2.05. The minimum Gasteiger partial charge on any atom is -0.475 e. The van der Waals surface area contributed by atoms with Crippen LogP contribution in [-0.4, -0.2) is 11.1 Å². The summed E-state index contributed by atoms with van der Waals surface area (Å²) < 4.78 is 6.21. The SMILES string of the molecule is CC(Nc1cccc(Br)c1)c1ccc(C(=O)O)o1. The van der Waals surface area contributed by atoms with E-state index in [2.05, 4.69) is 21.2 Å². The summed E-state index contributed by atoms with van der Waals surface area (Å²) in [6.07, 6.45) is 0. The molecule has 0 aliphatic carbocycles. The molecule has 1 aromatic carbocycles. The maximum Gasteiger partial charge on any atom is 0.371 e. The molecule has 2 N–H and O–H groups in total. The van der Waals surface area contributed by atoms with E-state index in [9.17, 15) is 4.79 Å². The van der Waals surface area contributed by atoms with Crippen LogP contribution in [0.15, 0.2) is 45.3 Å². The van der Waals surface area contributed by atoms with E-state index in [1.807, 2.05) is 31.2 Å². The number of anilines is 1. The Bertz CT molecular complexity index is 565. The van der Waals surface area contributed by atoms with Crippen LogP contribution in [0.1, 0.15) is 29.3 Å². The Kier molecular flexibility index (Phi) is 3.72. The van der Waals surface area contributed by atoms with Gasteiger partial charge in [0.15, 0.2) is 0 Å². The Balaban J connectivity index is 2.11. The predicted molar refractivity (Wildman–Crippen MR) is 71.8 cm³/mol. The number of carboxylic acid groups (broad SMARTS) is 1. The van der Waals surface area contributed by atoms with Crippen molar-refractivity contribution in [2.45, 2.75) is 13.0 Å². The number of carboxylic acids is 1. The van der Waals surface area contributed by atoms with Crippen LogP contribution in [-0.2, 0) is 0 Å². The summed E-state index contributed by atoms with van der Waals surface area (Å²) in [6, 6.07) is 10.7. The number of furan rings is 1. The number of halogens is 1. The number of hydrogen-bond donors (Lipinski definition) is 2. The first-order valence-electron chi connectivity index (χ1n) is 5.41. The van der Waals surface area contributed by atoms with Gasteiger partial charge < -0.3 is 14.8 Å². The zero-order valence-corrected chi connectivity index (χ0v) is 11.3. The first kappa shape index (κ1) is 12.7.